The van der Waals surface area contributed by atoms with Crippen molar-refractivity contribution in [1.82, 2.24) is 5.32 Å². The zero-order valence-electron chi connectivity index (χ0n) is 13.4. The Balaban J connectivity index is 1.43. The minimum Gasteiger partial charge on any atom is -0.352 e. The summed E-state index contributed by atoms with van der Waals surface area (Å²) in [5.74, 6) is -0.382. The van der Waals surface area contributed by atoms with E-state index < -0.39 is 18.1 Å². The number of carbonyl (C=O) groups excluding carboxylic acids is 3. The molecule has 1 N–H and O–H groups in total. The van der Waals surface area contributed by atoms with E-state index in [9.17, 15) is 14.4 Å². The van der Waals surface area contributed by atoms with Crippen LogP contribution < -0.4 is 5.32 Å². The molecule has 0 radical (unpaired) electrons. The van der Waals surface area contributed by atoms with Gasteiger partial charge in [0.25, 0.3) is 0 Å². The van der Waals surface area contributed by atoms with Gasteiger partial charge < -0.3 is 10.1 Å². The molecule has 2 unspecified atom stereocenters. The fraction of sp³-hybridized carbons (Fsp3) is 0.421. The summed E-state index contributed by atoms with van der Waals surface area (Å²) in [6, 6.07) is 0. The molecule has 3 rings (SSSR count). The van der Waals surface area contributed by atoms with Crippen LogP contribution in [0.15, 0.2) is 48.2 Å². The van der Waals surface area contributed by atoms with Crippen molar-refractivity contribution in [3.05, 3.63) is 48.2 Å². The second kappa shape index (κ2) is 7.53. The van der Waals surface area contributed by atoms with Gasteiger partial charge in [0.1, 0.15) is 0 Å². The Bertz CT molecular complexity index is 650. The molecule has 2 aliphatic carbocycles. The highest BCUT2D eigenvalue weighted by atomic mass is 16.6. The van der Waals surface area contributed by atoms with Crippen LogP contribution in [0.3, 0.4) is 0 Å². The molecule has 0 aromatic carbocycles. The number of ketones is 2. The van der Waals surface area contributed by atoms with Gasteiger partial charge in [-0.15, -0.1) is 0 Å². The highest BCUT2D eigenvalue weighted by Gasteiger charge is 2.53. The summed E-state index contributed by atoms with van der Waals surface area (Å²) >= 11 is 0. The summed E-state index contributed by atoms with van der Waals surface area (Å²) < 4.78 is 4.95. The third-order valence-corrected chi connectivity index (χ3v) is 4.45. The van der Waals surface area contributed by atoms with E-state index in [4.69, 9.17) is 4.74 Å². The van der Waals surface area contributed by atoms with Crippen molar-refractivity contribution >= 4 is 17.5 Å². The molecule has 1 aliphatic heterocycles. The summed E-state index contributed by atoms with van der Waals surface area (Å²) in [7, 11) is 0. The third-order valence-electron chi connectivity index (χ3n) is 4.45. The maximum absolute atomic E-state index is 11.8. The number of Topliss-reactive ketones (excluding diaryl/α,β-unsaturated/α-hetero) is 1. The van der Waals surface area contributed by atoms with Crippen molar-refractivity contribution in [3.63, 3.8) is 0 Å². The van der Waals surface area contributed by atoms with E-state index in [2.05, 4.69) is 11.4 Å². The zero-order valence-corrected chi connectivity index (χ0v) is 13.4. The van der Waals surface area contributed by atoms with Crippen molar-refractivity contribution in [2.45, 2.75) is 44.3 Å². The predicted octanol–water partition coefficient (Wildman–Crippen LogP) is 2.15. The van der Waals surface area contributed by atoms with Gasteiger partial charge in [-0.3, -0.25) is 14.4 Å². The monoisotopic (exact) mass is 327 g/mol. The zero-order chi connectivity index (χ0) is 16.9. The molecule has 24 heavy (non-hydrogen) atoms. The van der Waals surface area contributed by atoms with Crippen LogP contribution in [0, 0.1) is 5.92 Å². The van der Waals surface area contributed by atoms with Crippen molar-refractivity contribution in [1.29, 1.82) is 0 Å². The summed E-state index contributed by atoms with van der Waals surface area (Å²) in [5.41, 5.74) is 0.00886. The smallest absolute Gasteiger partial charge is 0.248 e. The number of amides is 1. The standard InChI is InChI=1S/C19H21NO4/c21-15-12-14(17(23)19-18(15)24-19)20-16(22)11-7-2-1-4-8-13-9-5-3-6-10-13/h1-2,4,7-8,11-13,18-19H,3,5-6,9-10H2,(H,20,22)/b2-1+,8-4+,11-7+. The normalized spacial score (nSPS) is 27.8. The molecule has 0 bridgehead atoms. The SMILES string of the molecule is O=C(/C=C/C=C/C=C/C1CCCCC1)NC1=CC(=O)C2OC2C1=O. The molecule has 0 aromatic heterocycles. The average molecular weight is 327 g/mol. The Morgan fingerprint density at radius 3 is 2.58 bits per heavy atom. The molecule has 3 aliphatic rings. The largest absolute Gasteiger partial charge is 0.352 e. The molecule has 2 atom stereocenters. The average Bonchev–Trinajstić information content (AvgIpc) is 3.38. The third kappa shape index (κ3) is 4.17. The van der Waals surface area contributed by atoms with Gasteiger partial charge in [0.2, 0.25) is 11.7 Å². The van der Waals surface area contributed by atoms with Gasteiger partial charge in [0.15, 0.2) is 18.0 Å². The number of rotatable bonds is 5. The summed E-state index contributed by atoms with van der Waals surface area (Å²) in [5, 5.41) is 2.43. The maximum Gasteiger partial charge on any atom is 0.248 e. The van der Waals surface area contributed by atoms with Crippen LogP contribution in [0.2, 0.25) is 0 Å². The number of allylic oxidation sites excluding steroid dienone is 5. The topological polar surface area (TPSA) is 75.8 Å². The lowest BCUT2D eigenvalue weighted by molar-refractivity contribution is -0.122. The van der Waals surface area contributed by atoms with Gasteiger partial charge in [-0.2, -0.15) is 0 Å². The second-order valence-corrected chi connectivity index (χ2v) is 6.32. The van der Waals surface area contributed by atoms with Crippen molar-refractivity contribution < 1.29 is 19.1 Å². The van der Waals surface area contributed by atoms with Gasteiger partial charge in [0.05, 0.1) is 5.70 Å². The molecule has 1 saturated heterocycles. The molecule has 1 saturated carbocycles. The Morgan fingerprint density at radius 2 is 1.79 bits per heavy atom. The Labute approximate surface area is 141 Å². The summed E-state index contributed by atoms with van der Waals surface area (Å²) in [4.78, 5) is 35.1. The Morgan fingerprint density at radius 1 is 1.04 bits per heavy atom. The second-order valence-electron chi connectivity index (χ2n) is 6.32. The molecule has 5 nitrogen and oxygen atoms in total. The van der Waals surface area contributed by atoms with E-state index in [0.29, 0.717) is 5.92 Å². The molecule has 2 fully saturated rings. The van der Waals surface area contributed by atoms with E-state index >= 15 is 0 Å². The maximum atomic E-state index is 11.8. The van der Waals surface area contributed by atoms with Gasteiger partial charge in [0, 0.05) is 12.2 Å². The lowest BCUT2D eigenvalue weighted by Gasteiger charge is -2.17. The minimum absolute atomic E-state index is 0.00886. The Hall–Kier alpha value is -2.27. The van der Waals surface area contributed by atoms with Crippen LogP contribution in [-0.4, -0.2) is 29.7 Å². The highest BCUT2D eigenvalue weighted by molar-refractivity contribution is 6.17. The van der Waals surface area contributed by atoms with Crippen LogP contribution in [0.4, 0.5) is 0 Å². The van der Waals surface area contributed by atoms with Crippen molar-refractivity contribution in [2.24, 2.45) is 5.92 Å². The van der Waals surface area contributed by atoms with Gasteiger partial charge in [-0.05, 0) is 18.8 Å². The van der Waals surface area contributed by atoms with Crippen LogP contribution in [0.1, 0.15) is 32.1 Å². The molecule has 5 heteroatoms. The fourth-order valence-corrected chi connectivity index (χ4v) is 3.07. The number of ether oxygens (including phenoxy) is 1. The van der Waals surface area contributed by atoms with Crippen LogP contribution >= 0.6 is 0 Å². The van der Waals surface area contributed by atoms with E-state index in [-0.39, 0.29) is 17.3 Å². The minimum atomic E-state index is -0.702. The molecular formula is C19H21NO4. The van der Waals surface area contributed by atoms with Crippen molar-refractivity contribution in [2.75, 3.05) is 0 Å². The predicted molar refractivity (Wildman–Crippen MR) is 88.9 cm³/mol. The van der Waals surface area contributed by atoms with Crippen molar-refractivity contribution in [3.8, 4) is 0 Å². The fourth-order valence-electron chi connectivity index (χ4n) is 3.07. The molecular weight excluding hydrogens is 306 g/mol. The van der Waals surface area contributed by atoms with E-state index in [1.54, 1.807) is 12.2 Å². The number of carbonyl (C=O) groups is 3. The first-order valence-corrected chi connectivity index (χ1v) is 8.43. The number of epoxide rings is 1. The first-order chi connectivity index (χ1) is 11.6. The molecule has 126 valence electrons. The molecule has 0 aromatic rings. The van der Waals surface area contributed by atoms with E-state index in [0.717, 1.165) is 6.08 Å². The summed E-state index contributed by atoms with van der Waals surface area (Å²) in [6.07, 6.45) is 17.1. The Kier molecular flexibility index (Phi) is 5.20. The van der Waals surface area contributed by atoms with Gasteiger partial charge in [-0.25, -0.2) is 0 Å². The first kappa shape index (κ1) is 16.6. The number of fused-ring (bicyclic) bond motifs is 1. The molecule has 1 heterocycles. The number of nitrogens with one attached hydrogen (secondary N) is 1. The quantitative estimate of drug-likeness (QED) is 0.477. The van der Waals surface area contributed by atoms with E-state index in [1.165, 1.54) is 38.2 Å². The highest BCUT2D eigenvalue weighted by Crippen LogP contribution is 2.30. The lowest BCUT2D eigenvalue weighted by Crippen LogP contribution is -2.33. The summed E-state index contributed by atoms with van der Waals surface area (Å²) in [6.45, 7) is 0. The van der Waals surface area contributed by atoms with Crippen LogP contribution in [-0.2, 0) is 19.1 Å². The molecule has 1 amide bonds. The number of hydrogen-bond donors (Lipinski definition) is 1. The van der Waals surface area contributed by atoms with Crippen LogP contribution in [0.5, 0.6) is 0 Å². The van der Waals surface area contributed by atoms with E-state index in [1.807, 2.05) is 12.2 Å². The van der Waals surface area contributed by atoms with Crippen LogP contribution in [0.25, 0.3) is 0 Å². The lowest BCUT2D eigenvalue weighted by atomic mass is 9.89. The van der Waals surface area contributed by atoms with Gasteiger partial charge >= 0.3 is 0 Å². The first-order valence-electron chi connectivity index (χ1n) is 8.43. The molecule has 0 spiro atoms. The van der Waals surface area contributed by atoms with Gasteiger partial charge in [-0.1, -0.05) is 49.6 Å². The number of hydrogen-bond acceptors (Lipinski definition) is 4.